The van der Waals surface area contributed by atoms with E-state index in [0.29, 0.717) is 12.6 Å². The lowest BCUT2D eigenvalue weighted by Crippen LogP contribution is -2.25. The van der Waals surface area contributed by atoms with Gasteiger partial charge >= 0.3 is 0 Å². The summed E-state index contributed by atoms with van der Waals surface area (Å²) in [5.74, 6) is 1.72. The van der Waals surface area contributed by atoms with Crippen molar-refractivity contribution in [2.24, 2.45) is 11.7 Å². The van der Waals surface area contributed by atoms with Gasteiger partial charge in [-0.15, -0.1) is 0 Å². The highest BCUT2D eigenvalue weighted by Gasteiger charge is 2.21. The van der Waals surface area contributed by atoms with Gasteiger partial charge < -0.3 is 10.5 Å². The fraction of sp³-hybridized carbons (Fsp3) is 0.643. The zero-order valence-electron chi connectivity index (χ0n) is 10.6. The molecule has 17 heavy (non-hydrogen) atoms. The summed E-state index contributed by atoms with van der Waals surface area (Å²) < 4.78 is 5.98. The van der Waals surface area contributed by atoms with Crippen LogP contribution in [0, 0.1) is 5.92 Å². The van der Waals surface area contributed by atoms with Gasteiger partial charge in [0.1, 0.15) is 5.75 Å². The van der Waals surface area contributed by atoms with Gasteiger partial charge in [0.15, 0.2) is 0 Å². The zero-order valence-corrected chi connectivity index (χ0v) is 10.6. The molecule has 2 rings (SSSR count). The molecule has 1 aromatic heterocycles. The maximum Gasteiger partial charge on any atom is 0.138 e. The van der Waals surface area contributed by atoms with E-state index in [1.165, 1.54) is 32.1 Å². The second-order valence-corrected chi connectivity index (χ2v) is 4.87. The molecule has 0 radical (unpaired) electrons. The predicted molar refractivity (Wildman–Crippen MR) is 68.8 cm³/mol. The van der Waals surface area contributed by atoms with Crippen molar-refractivity contribution < 1.29 is 4.74 Å². The molecule has 0 bridgehead atoms. The molecule has 94 valence electrons. The van der Waals surface area contributed by atoms with E-state index in [1.807, 2.05) is 12.1 Å². The number of rotatable bonds is 4. The molecule has 1 heterocycles. The van der Waals surface area contributed by atoms with Gasteiger partial charge in [-0.05, 0) is 37.3 Å². The Balaban J connectivity index is 1.90. The highest BCUT2D eigenvalue weighted by Crippen LogP contribution is 2.29. The predicted octanol–water partition coefficient (Wildman–Crippen LogP) is 2.89. The lowest BCUT2D eigenvalue weighted by Gasteiger charge is -2.28. The minimum atomic E-state index is 0.374. The van der Waals surface area contributed by atoms with Gasteiger partial charge in [-0.25, -0.2) is 0 Å². The highest BCUT2D eigenvalue weighted by atomic mass is 16.5. The first-order valence-electron chi connectivity index (χ1n) is 6.63. The van der Waals surface area contributed by atoms with Crippen LogP contribution in [0.1, 0.15) is 44.7 Å². The Hall–Kier alpha value is -1.09. The first-order chi connectivity index (χ1) is 8.31. The normalized spacial score (nSPS) is 24.6. The van der Waals surface area contributed by atoms with Crippen molar-refractivity contribution in [3.05, 3.63) is 24.0 Å². The summed E-state index contributed by atoms with van der Waals surface area (Å²) in [7, 11) is 0. The molecule has 1 saturated carbocycles. The number of nitrogens with two attached hydrogens (primary N) is 1. The van der Waals surface area contributed by atoms with Crippen molar-refractivity contribution >= 4 is 0 Å². The Bertz CT molecular complexity index is 337. The standard InChI is InChI=1S/C14H22N2O/c1-2-11-4-3-5-13(8-11)17-14-7-6-12(9-15)16-10-14/h6-7,10-11,13H,2-5,8-9,15H2,1H3. The third kappa shape index (κ3) is 3.43. The number of hydrogen-bond donors (Lipinski definition) is 1. The van der Waals surface area contributed by atoms with Crippen molar-refractivity contribution in [2.45, 2.75) is 51.7 Å². The van der Waals surface area contributed by atoms with Crippen LogP contribution in [0.5, 0.6) is 5.75 Å². The third-order valence-electron chi connectivity index (χ3n) is 3.62. The van der Waals surface area contributed by atoms with Gasteiger partial charge in [0.05, 0.1) is 18.0 Å². The summed E-state index contributed by atoms with van der Waals surface area (Å²) in [6.45, 7) is 2.76. The number of aromatic nitrogens is 1. The second kappa shape index (κ2) is 6.01. The number of nitrogens with zero attached hydrogens (tertiary/aromatic N) is 1. The van der Waals surface area contributed by atoms with Crippen molar-refractivity contribution in [2.75, 3.05) is 0 Å². The van der Waals surface area contributed by atoms with E-state index in [9.17, 15) is 0 Å². The minimum absolute atomic E-state index is 0.374. The smallest absolute Gasteiger partial charge is 0.138 e. The minimum Gasteiger partial charge on any atom is -0.489 e. The molecule has 3 heteroatoms. The van der Waals surface area contributed by atoms with Crippen LogP contribution in [0.4, 0.5) is 0 Å². The Labute approximate surface area is 103 Å². The zero-order chi connectivity index (χ0) is 12.1. The van der Waals surface area contributed by atoms with Crippen LogP contribution in [-0.4, -0.2) is 11.1 Å². The molecule has 0 aliphatic heterocycles. The maximum atomic E-state index is 5.98. The average molecular weight is 234 g/mol. The van der Waals surface area contributed by atoms with Crippen LogP contribution in [0.2, 0.25) is 0 Å². The fourth-order valence-electron chi connectivity index (χ4n) is 2.51. The average Bonchev–Trinajstić information content (AvgIpc) is 2.40. The van der Waals surface area contributed by atoms with E-state index < -0.39 is 0 Å². The number of hydrogen-bond acceptors (Lipinski definition) is 3. The molecule has 3 nitrogen and oxygen atoms in total. The summed E-state index contributed by atoms with van der Waals surface area (Å²) in [4.78, 5) is 4.25. The molecule has 1 fully saturated rings. The summed E-state index contributed by atoms with van der Waals surface area (Å²) in [5.41, 5.74) is 6.43. The lowest BCUT2D eigenvalue weighted by atomic mass is 9.85. The topological polar surface area (TPSA) is 48.1 Å². The van der Waals surface area contributed by atoms with E-state index in [2.05, 4.69) is 11.9 Å². The molecule has 2 N–H and O–H groups in total. The molecule has 1 aliphatic rings. The largest absolute Gasteiger partial charge is 0.489 e. The molecule has 0 amide bonds. The summed E-state index contributed by atoms with van der Waals surface area (Å²) >= 11 is 0. The second-order valence-electron chi connectivity index (χ2n) is 4.87. The van der Waals surface area contributed by atoms with Crippen LogP contribution in [0.3, 0.4) is 0 Å². The van der Waals surface area contributed by atoms with Gasteiger partial charge in [0.2, 0.25) is 0 Å². The van der Waals surface area contributed by atoms with Gasteiger partial charge in [0, 0.05) is 6.54 Å². The molecule has 2 atom stereocenters. The first-order valence-corrected chi connectivity index (χ1v) is 6.63. The first kappa shape index (κ1) is 12.4. The SMILES string of the molecule is CCC1CCCC(Oc2ccc(CN)nc2)C1. The Morgan fingerprint density at radius 1 is 1.41 bits per heavy atom. The van der Waals surface area contributed by atoms with Crippen LogP contribution in [0.25, 0.3) is 0 Å². The van der Waals surface area contributed by atoms with Crippen molar-refractivity contribution in [3.63, 3.8) is 0 Å². The number of pyridine rings is 1. The van der Waals surface area contributed by atoms with E-state index in [1.54, 1.807) is 6.20 Å². The highest BCUT2D eigenvalue weighted by molar-refractivity contribution is 5.20. The molecule has 0 saturated heterocycles. The van der Waals surface area contributed by atoms with E-state index >= 15 is 0 Å². The molecular formula is C14H22N2O. The lowest BCUT2D eigenvalue weighted by molar-refractivity contribution is 0.121. The molecule has 2 unspecified atom stereocenters. The van der Waals surface area contributed by atoms with Gasteiger partial charge in [-0.1, -0.05) is 19.8 Å². The Morgan fingerprint density at radius 3 is 2.94 bits per heavy atom. The van der Waals surface area contributed by atoms with Crippen LogP contribution in [-0.2, 0) is 6.54 Å². The van der Waals surface area contributed by atoms with Crippen molar-refractivity contribution in [1.82, 2.24) is 4.98 Å². The van der Waals surface area contributed by atoms with Crippen LogP contribution < -0.4 is 10.5 Å². The van der Waals surface area contributed by atoms with Crippen molar-refractivity contribution in [1.29, 1.82) is 0 Å². The van der Waals surface area contributed by atoms with Gasteiger partial charge in [-0.3, -0.25) is 4.98 Å². The molecular weight excluding hydrogens is 212 g/mol. The van der Waals surface area contributed by atoms with Crippen LogP contribution in [0.15, 0.2) is 18.3 Å². The quantitative estimate of drug-likeness (QED) is 0.871. The maximum absolute atomic E-state index is 5.98. The van der Waals surface area contributed by atoms with Gasteiger partial charge in [-0.2, -0.15) is 0 Å². The molecule has 1 aromatic rings. The fourth-order valence-corrected chi connectivity index (χ4v) is 2.51. The van der Waals surface area contributed by atoms with E-state index in [4.69, 9.17) is 10.5 Å². The summed E-state index contributed by atoms with van der Waals surface area (Å²) in [6.07, 6.45) is 8.45. The number of ether oxygens (including phenoxy) is 1. The summed E-state index contributed by atoms with van der Waals surface area (Å²) in [5, 5.41) is 0. The van der Waals surface area contributed by atoms with E-state index in [0.717, 1.165) is 17.4 Å². The molecule has 1 aliphatic carbocycles. The third-order valence-corrected chi connectivity index (χ3v) is 3.62. The van der Waals surface area contributed by atoms with Crippen molar-refractivity contribution in [3.8, 4) is 5.75 Å². The summed E-state index contributed by atoms with van der Waals surface area (Å²) in [6, 6.07) is 3.92. The Kier molecular flexibility index (Phi) is 4.37. The molecule has 0 spiro atoms. The van der Waals surface area contributed by atoms with Gasteiger partial charge in [0.25, 0.3) is 0 Å². The molecule has 0 aromatic carbocycles. The van der Waals surface area contributed by atoms with E-state index in [-0.39, 0.29) is 0 Å². The monoisotopic (exact) mass is 234 g/mol. The van der Waals surface area contributed by atoms with Crippen LogP contribution >= 0.6 is 0 Å². The Morgan fingerprint density at radius 2 is 2.29 bits per heavy atom.